The number of nitrogens with zero attached hydrogens (tertiary/aromatic N) is 2. The molecular formula is C15H29N3O. The molecule has 1 heterocycles. The zero-order chi connectivity index (χ0) is 14.3. The van der Waals surface area contributed by atoms with E-state index in [1.54, 1.807) is 7.11 Å². The molecule has 1 N–H and O–H groups in total. The van der Waals surface area contributed by atoms with Gasteiger partial charge in [-0.05, 0) is 31.4 Å². The molecule has 0 amide bonds. The molecule has 1 rings (SSSR count). The summed E-state index contributed by atoms with van der Waals surface area (Å²) in [6, 6.07) is 2.32. The highest BCUT2D eigenvalue weighted by atomic mass is 16.5. The minimum atomic E-state index is 0.166. The molecule has 0 saturated heterocycles. The molecule has 0 radical (unpaired) electrons. The van der Waals surface area contributed by atoms with Crippen LogP contribution in [0.25, 0.3) is 0 Å². The van der Waals surface area contributed by atoms with E-state index in [-0.39, 0.29) is 12.1 Å². The first-order chi connectivity index (χ1) is 9.15. The van der Waals surface area contributed by atoms with Crippen LogP contribution in [0.2, 0.25) is 0 Å². The van der Waals surface area contributed by atoms with E-state index in [2.05, 4.69) is 48.9 Å². The van der Waals surface area contributed by atoms with Gasteiger partial charge in [0.2, 0.25) is 0 Å². The molecular weight excluding hydrogens is 238 g/mol. The number of aryl methyl sites for hydroxylation is 1. The van der Waals surface area contributed by atoms with Gasteiger partial charge in [-0.3, -0.25) is 4.68 Å². The van der Waals surface area contributed by atoms with Crippen LogP contribution in [-0.2, 0) is 11.3 Å². The number of aromatic nitrogens is 2. The first kappa shape index (κ1) is 16.2. The largest absolute Gasteiger partial charge is 0.379 e. The van der Waals surface area contributed by atoms with Crippen molar-refractivity contribution in [1.82, 2.24) is 15.1 Å². The van der Waals surface area contributed by atoms with E-state index in [0.29, 0.717) is 5.92 Å². The van der Waals surface area contributed by atoms with Gasteiger partial charge in [-0.2, -0.15) is 5.10 Å². The average molecular weight is 267 g/mol. The predicted molar refractivity (Wildman–Crippen MR) is 79.2 cm³/mol. The van der Waals surface area contributed by atoms with Gasteiger partial charge in [0.15, 0.2) is 0 Å². The SMILES string of the molecule is CCCNC(c1ccnn1CCC)C(OC)C(C)C. The summed E-state index contributed by atoms with van der Waals surface area (Å²) >= 11 is 0. The van der Waals surface area contributed by atoms with Crippen molar-refractivity contribution in [3.05, 3.63) is 18.0 Å². The molecule has 0 bridgehead atoms. The summed E-state index contributed by atoms with van der Waals surface area (Å²) in [5, 5.41) is 8.05. The van der Waals surface area contributed by atoms with Crippen molar-refractivity contribution in [2.24, 2.45) is 5.92 Å². The summed E-state index contributed by atoms with van der Waals surface area (Å²) < 4.78 is 7.82. The van der Waals surface area contributed by atoms with E-state index in [1.165, 1.54) is 5.69 Å². The van der Waals surface area contributed by atoms with Crippen molar-refractivity contribution in [3.63, 3.8) is 0 Å². The summed E-state index contributed by atoms with van der Waals surface area (Å²) in [6.07, 6.45) is 4.26. The van der Waals surface area contributed by atoms with Gasteiger partial charge in [0, 0.05) is 19.9 Å². The quantitative estimate of drug-likeness (QED) is 0.747. The standard InChI is InChI=1S/C15H29N3O/c1-6-9-16-14(15(19-5)12(3)4)13-8-10-17-18(13)11-7-2/h8,10,12,14-16H,6-7,9,11H2,1-5H3. The lowest BCUT2D eigenvalue weighted by Gasteiger charge is -2.30. The van der Waals surface area contributed by atoms with Crippen LogP contribution in [0.4, 0.5) is 0 Å². The lowest BCUT2D eigenvalue weighted by atomic mass is 9.96. The molecule has 2 unspecified atom stereocenters. The van der Waals surface area contributed by atoms with Crippen LogP contribution in [-0.4, -0.2) is 29.5 Å². The molecule has 0 fully saturated rings. The Morgan fingerprint density at radius 1 is 1.32 bits per heavy atom. The number of ether oxygens (including phenoxy) is 1. The van der Waals surface area contributed by atoms with Gasteiger partial charge in [0.05, 0.1) is 17.8 Å². The van der Waals surface area contributed by atoms with Crippen molar-refractivity contribution >= 4 is 0 Å². The Balaban J connectivity index is 2.97. The van der Waals surface area contributed by atoms with Gasteiger partial charge in [0.25, 0.3) is 0 Å². The van der Waals surface area contributed by atoms with E-state index in [1.807, 2.05) is 6.20 Å². The Labute approximate surface area is 117 Å². The highest BCUT2D eigenvalue weighted by molar-refractivity contribution is 5.10. The Morgan fingerprint density at radius 2 is 2.05 bits per heavy atom. The molecule has 0 spiro atoms. The van der Waals surface area contributed by atoms with Crippen LogP contribution in [0.15, 0.2) is 12.3 Å². The Kier molecular flexibility index (Phi) is 7.10. The molecule has 1 aromatic rings. The number of hydrogen-bond acceptors (Lipinski definition) is 3. The fraction of sp³-hybridized carbons (Fsp3) is 0.800. The summed E-state index contributed by atoms with van der Waals surface area (Å²) in [5.74, 6) is 0.462. The Bertz CT molecular complexity index is 349. The van der Waals surface area contributed by atoms with Gasteiger partial charge < -0.3 is 10.1 Å². The second-order valence-electron chi connectivity index (χ2n) is 5.36. The predicted octanol–water partition coefficient (Wildman–Crippen LogP) is 3.00. The van der Waals surface area contributed by atoms with Crippen molar-refractivity contribution in [2.75, 3.05) is 13.7 Å². The normalized spacial score (nSPS) is 14.8. The van der Waals surface area contributed by atoms with Crippen molar-refractivity contribution < 1.29 is 4.74 Å². The number of nitrogens with one attached hydrogen (secondary N) is 1. The second kappa shape index (κ2) is 8.33. The topological polar surface area (TPSA) is 39.1 Å². The van der Waals surface area contributed by atoms with Gasteiger partial charge in [-0.15, -0.1) is 0 Å². The van der Waals surface area contributed by atoms with Gasteiger partial charge in [-0.1, -0.05) is 27.7 Å². The molecule has 4 heteroatoms. The third-order valence-corrected chi connectivity index (χ3v) is 3.38. The maximum Gasteiger partial charge on any atom is 0.0804 e. The Hall–Kier alpha value is -0.870. The maximum absolute atomic E-state index is 5.72. The van der Waals surface area contributed by atoms with E-state index in [4.69, 9.17) is 4.74 Å². The lowest BCUT2D eigenvalue weighted by Crippen LogP contribution is -2.38. The maximum atomic E-state index is 5.72. The van der Waals surface area contributed by atoms with Crippen LogP contribution in [0, 0.1) is 5.92 Å². The molecule has 2 atom stereocenters. The molecule has 0 aliphatic heterocycles. The highest BCUT2D eigenvalue weighted by Crippen LogP contribution is 2.24. The molecule has 0 aliphatic carbocycles. The molecule has 19 heavy (non-hydrogen) atoms. The first-order valence-corrected chi connectivity index (χ1v) is 7.43. The van der Waals surface area contributed by atoms with E-state index in [9.17, 15) is 0 Å². The zero-order valence-corrected chi connectivity index (χ0v) is 13.0. The summed E-state index contributed by atoms with van der Waals surface area (Å²) in [7, 11) is 1.80. The molecule has 0 aromatic carbocycles. The summed E-state index contributed by atoms with van der Waals surface area (Å²) in [4.78, 5) is 0. The first-order valence-electron chi connectivity index (χ1n) is 7.43. The van der Waals surface area contributed by atoms with Crippen molar-refractivity contribution in [1.29, 1.82) is 0 Å². The highest BCUT2D eigenvalue weighted by Gasteiger charge is 2.27. The average Bonchev–Trinajstić information content (AvgIpc) is 2.82. The third-order valence-electron chi connectivity index (χ3n) is 3.38. The third kappa shape index (κ3) is 4.32. The summed E-state index contributed by atoms with van der Waals surface area (Å²) in [5.41, 5.74) is 1.23. The minimum absolute atomic E-state index is 0.166. The van der Waals surface area contributed by atoms with Crippen LogP contribution in [0.1, 0.15) is 52.3 Å². The monoisotopic (exact) mass is 267 g/mol. The van der Waals surface area contributed by atoms with Gasteiger partial charge >= 0.3 is 0 Å². The lowest BCUT2D eigenvalue weighted by molar-refractivity contribution is 0.0301. The fourth-order valence-corrected chi connectivity index (χ4v) is 2.49. The van der Waals surface area contributed by atoms with Crippen LogP contribution in [0.5, 0.6) is 0 Å². The smallest absolute Gasteiger partial charge is 0.0804 e. The van der Waals surface area contributed by atoms with Crippen LogP contribution in [0.3, 0.4) is 0 Å². The fourth-order valence-electron chi connectivity index (χ4n) is 2.49. The summed E-state index contributed by atoms with van der Waals surface area (Å²) in [6.45, 7) is 10.7. The number of rotatable bonds is 9. The van der Waals surface area contributed by atoms with E-state index in [0.717, 1.165) is 25.9 Å². The molecule has 0 saturated carbocycles. The van der Waals surface area contributed by atoms with E-state index >= 15 is 0 Å². The molecule has 1 aromatic heterocycles. The number of methoxy groups -OCH3 is 1. The zero-order valence-electron chi connectivity index (χ0n) is 13.0. The number of hydrogen-bond donors (Lipinski definition) is 1. The molecule has 4 nitrogen and oxygen atoms in total. The Morgan fingerprint density at radius 3 is 2.58 bits per heavy atom. The second-order valence-corrected chi connectivity index (χ2v) is 5.36. The molecule has 0 aliphatic rings. The van der Waals surface area contributed by atoms with Gasteiger partial charge in [-0.25, -0.2) is 0 Å². The van der Waals surface area contributed by atoms with E-state index < -0.39 is 0 Å². The molecule has 110 valence electrons. The van der Waals surface area contributed by atoms with Crippen LogP contribution >= 0.6 is 0 Å². The van der Waals surface area contributed by atoms with Crippen molar-refractivity contribution in [2.45, 2.75) is 59.2 Å². The minimum Gasteiger partial charge on any atom is -0.379 e. The van der Waals surface area contributed by atoms with Crippen LogP contribution < -0.4 is 5.32 Å². The van der Waals surface area contributed by atoms with Gasteiger partial charge in [0.1, 0.15) is 0 Å². The van der Waals surface area contributed by atoms with Crippen molar-refractivity contribution in [3.8, 4) is 0 Å².